The Hall–Kier alpha value is -3.19. The summed E-state index contributed by atoms with van der Waals surface area (Å²) in [6.45, 7) is 8.20. The number of nitrogens with two attached hydrogens (primary N) is 1. The van der Waals surface area contributed by atoms with Crippen LogP contribution < -0.4 is 20.7 Å². The van der Waals surface area contributed by atoms with Gasteiger partial charge in [-0.2, -0.15) is 0 Å². The van der Waals surface area contributed by atoms with Crippen LogP contribution in [-0.4, -0.2) is 65.3 Å². The van der Waals surface area contributed by atoms with Crippen molar-refractivity contribution in [2.45, 2.75) is 70.7 Å². The first-order valence-electron chi connectivity index (χ1n) is 13.3. The lowest BCUT2D eigenvalue weighted by atomic mass is 10.00. The number of halogens is 2. The highest BCUT2D eigenvalue weighted by Crippen LogP contribution is 2.40. The lowest BCUT2D eigenvalue weighted by molar-refractivity contribution is 0.0122. The Morgan fingerprint density at radius 1 is 1.18 bits per heavy atom. The van der Waals surface area contributed by atoms with Crippen LogP contribution in [0.1, 0.15) is 53.9 Å². The largest absolute Gasteiger partial charge is 0.491 e. The van der Waals surface area contributed by atoms with E-state index in [2.05, 4.69) is 10.3 Å². The fraction of sp³-hybridized carbons (Fsp3) is 0.519. The second-order valence-corrected chi connectivity index (χ2v) is 13.8. The minimum absolute atomic E-state index is 0.0821. The van der Waals surface area contributed by atoms with Crippen LogP contribution in [0.4, 0.5) is 25.0 Å². The maximum Gasteiger partial charge on any atom is 0.410 e. The van der Waals surface area contributed by atoms with Gasteiger partial charge in [-0.1, -0.05) is 0 Å². The van der Waals surface area contributed by atoms with Crippen LogP contribution in [0.15, 0.2) is 6.07 Å². The summed E-state index contributed by atoms with van der Waals surface area (Å²) in [5, 5.41) is 3.72. The van der Waals surface area contributed by atoms with E-state index in [1.54, 1.807) is 9.80 Å². The molecule has 6 rings (SSSR count). The molecule has 3 atom stereocenters. The van der Waals surface area contributed by atoms with Gasteiger partial charge in [0.2, 0.25) is 0 Å². The molecule has 2 bridgehead atoms. The highest BCUT2D eigenvalue weighted by Gasteiger charge is 2.45. The monoisotopic (exact) mass is 591 g/mol. The molecule has 2 unspecified atom stereocenters. The first-order chi connectivity index (χ1) is 18.9. The van der Waals surface area contributed by atoms with Crippen LogP contribution >= 0.6 is 22.7 Å². The maximum atomic E-state index is 15.5. The Balaban J connectivity index is 1.17. The molecule has 2 amide bonds. The Bertz CT molecular complexity index is 1500. The van der Waals surface area contributed by atoms with Crippen LogP contribution in [0.5, 0.6) is 5.75 Å². The Kier molecular flexibility index (Phi) is 6.56. The molecule has 2 fully saturated rings. The number of nitrogens with one attached hydrogen (secondary N) is 1. The van der Waals surface area contributed by atoms with Crippen LogP contribution in [0.25, 0.3) is 9.53 Å². The van der Waals surface area contributed by atoms with E-state index in [0.717, 1.165) is 22.5 Å². The predicted octanol–water partition coefficient (Wildman–Crippen LogP) is 4.85. The van der Waals surface area contributed by atoms with Gasteiger partial charge < -0.3 is 25.4 Å². The van der Waals surface area contributed by atoms with Crippen molar-refractivity contribution in [1.29, 1.82) is 0 Å². The van der Waals surface area contributed by atoms with Crippen molar-refractivity contribution in [1.82, 2.24) is 15.2 Å². The number of benzene rings is 1. The number of anilines is 2. The standard InChI is InChI=1S/C27H31F2N5O4S2/c1-12-31-25-23(39-12)21(30)22(40-25)24(35)32-13-7-16-18(37-11-13)8-17(20(29)19(16)28)33-9-14-5-6-15(10-33)34(14)26(36)38-27(2,3)4/h8,13-15H,5-7,9-11,30H2,1-4H3,(H,32,35)/t13-,14?,15?/m1/s1. The molecule has 5 heterocycles. The van der Waals surface area contributed by atoms with Crippen molar-refractivity contribution in [3.8, 4) is 5.75 Å². The minimum atomic E-state index is -0.982. The van der Waals surface area contributed by atoms with Gasteiger partial charge >= 0.3 is 6.09 Å². The number of hydrogen-bond acceptors (Lipinski definition) is 9. The van der Waals surface area contributed by atoms with E-state index in [1.807, 2.05) is 27.7 Å². The number of carbonyl (C=O) groups is 2. The molecule has 0 saturated carbocycles. The van der Waals surface area contributed by atoms with Gasteiger partial charge in [0.1, 0.15) is 27.7 Å². The van der Waals surface area contributed by atoms with Gasteiger partial charge in [0, 0.05) is 31.1 Å². The summed E-state index contributed by atoms with van der Waals surface area (Å²) in [5.41, 5.74) is 6.16. The molecule has 9 nitrogen and oxygen atoms in total. The summed E-state index contributed by atoms with van der Waals surface area (Å²) >= 11 is 2.64. The number of aromatic nitrogens is 1. The highest BCUT2D eigenvalue weighted by molar-refractivity contribution is 7.29. The first-order valence-corrected chi connectivity index (χ1v) is 14.9. The summed E-state index contributed by atoms with van der Waals surface area (Å²) in [6, 6.07) is 0.689. The van der Waals surface area contributed by atoms with Crippen LogP contribution in [0.3, 0.4) is 0 Å². The minimum Gasteiger partial charge on any atom is -0.491 e. The maximum absolute atomic E-state index is 15.5. The van der Waals surface area contributed by atoms with E-state index in [4.69, 9.17) is 15.2 Å². The number of amides is 2. The number of fused-ring (bicyclic) bond motifs is 4. The van der Waals surface area contributed by atoms with Gasteiger partial charge in [-0.05, 0) is 40.5 Å². The highest BCUT2D eigenvalue weighted by atomic mass is 32.1. The number of nitrogens with zero attached hydrogens (tertiary/aromatic N) is 3. The molecule has 3 aliphatic rings. The van der Waals surface area contributed by atoms with Gasteiger partial charge in [0.05, 0.1) is 39.2 Å². The molecule has 2 aromatic heterocycles. The Morgan fingerprint density at radius 3 is 2.52 bits per heavy atom. The van der Waals surface area contributed by atoms with Crippen molar-refractivity contribution in [2.75, 3.05) is 30.3 Å². The number of thiazole rings is 1. The molecule has 3 aliphatic heterocycles. The molecule has 214 valence electrons. The zero-order valence-corrected chi connectivity index (χ0v) is 24.3. The zero-order chi connectivity index (χ0) is 28.5. The second kappa shape index (κ2) is 9.72. The van der Waals surface area contributed by atoms with E-state index in [1.165, 1.54) is 28.7 Å². The van der Waals surface area contributed by atoms with Gasteiger partial charge in [-0.3, -0.25) is 9.69 Å². The molecule has 40 heavy (non-hydrogen) atoms. The van der Waals surface area contributed by atoms with Crippen molar-refractivity contribution < 1.29 is 27.8 Å². The number of ether oxygens (including phenoxy) is 2. The molecule has 3 N–H and O–H groups in total. The van der Waals surface area contributed by atoms with Gasteiger partial charge in [-0.15, -0.1) is 22.7 Å². The van der Waals surface area contributed by atoms with E-state index in [0.29, 0.717) is 28.5 Å². The normalized spacial score (nSPS) is 22.3. The lowest BCUT2D eigenvalue weighted by Crippen LogP contribution is -2.57. The van der Waals surface area contributed by atoms with Gasteiger partial charge in [0.25, 0.3) is 5.91 Å². The number of nitrogen functional groups attached to an aromatic ring is 1. The zero-order valence-electron chi connectivity index (χ0n) is 22.7. The molecule has 13 heteroatoms. The average Bonchev–Trinajstić information content (AvgIpc) is 3.49. The topological polar surface area (TPSA) is 110 Å². The number of aryl methyl sites for hydroxylation is 1. The van der Waals surface area contributed by atoms with Gasteiger partial charge in [-0.25, -0.2) is 18.6 Å². The Morgan fingerprint density at radius 2 is 1.88 bits per heavy atom. The fourth-order valence-corrected chi connectivity index (χ4v) is 7.89. The molecule has 2 saturated heterocycles. The SMILES string of the molecule is Cc1nc2sc(C(=O)N[C@H]3COc4cc(N5CC6CCC(C5)N6C(=O)OC(C)(C)C)c(F)c(F)c4C3)c(N)c2s1. The molecule has 0 spiro atoms. The third-order valence-electron chi connectivity index (χ3n) is 7.50. The number of thiophene rings is 1. The number of hydrogen-bond donors (Lipinski definition) is 2. The number of piperazine rings is 1. The summed E-state index contributed by atoms with van der Waals surface area (Å²) in [6.07, 6.45) is 1.26. The van der Waals surface area contributed by atoms with E-state index < -0.39 is 29.2 Å². The Labute approximate surface area is 238 Å². The van der Waals surface area contributed by atoms with Crippen LogP contribution in [0.2, 0.25) is 0 Å². The summed E-state index contributed by atoms with van der Waals surface area (Å²) < 4.78 is 43.1. The van der Waals surface area contributed by atoms with Crippen molar-refractivity contribution in [2.24, 2.45) is 0 Å². The molecule has 0 radical (unpaired) electrons. The van der Waals surface area contributed by atoms with E-state index in [-0.39, 0.29) is 48.2 Å². The molecular weight excluding hydrogens is 560 g/mol. The second-order valence-electron chi connectivity index (χ2n) is 11.6. The first kappa shape index (κ1) is 27.0. The van der Waals surface area contributed by atoms with Crippen molar-refractivity contribution >= 4 is 55.6 Å². The van der Waals surface area contributed by atoms with E-state index >= 15 is 8.78 Å². The third kappa shape index (κ3) is 4.72. The van der Waals surface area contributed by atoms with Gasteiger partial charge in [0.15, 0.2) is 11.6 Å². The molecular formula is C27H31F2N5O4S2. The van der Waals surface area contributed by atoms with Crippen molar-refractivity contribution in [3.05, 3.63) is 33.1 Å². The predicted molar refractivity (Wildman–Crippen MR) is 151 cm³/mol. The molecule has 1 aromatic carbocycles. The summed E-state index contributed by atoms with van der Waals surface area (Å²) in [5.74, 6) is -2.07. The lowest BCUT2D eigenvalue weighted by Gasteiger charge is -2.42. The number of rotatable bonds is 3. The van der Waals surface area contributed by atoms with Crippen LogP contribution in [0, 0.1) is 18.6 Å². The van der Waals surface area contributed by atoms with Crippen LogP contribution in [-0.2, 0) is 11.2 Å². The number of carbonyl (C=O) groups excluding carboxylic acids is 2. The average molecular weight is 592 g/mol. The third-order valence-corrected chi connectivity index (χ3v) is 9.73. The molecule has 0 aliphatic carbocycles. The summed E-state index contributed by atoms with van der Waals surface area (Å²) in [4.78, 5) is 34.7. The quantitative estimate of drug-likeness (QED) is 0.448. The van der Waals surface area contributed by atoms with E-state index in [9.17, 15) is 9.59 Å². The van der Waals surface area contributed by atoms with Crippen molar-refractivity contribution in [3.63, 3.8) is 0 Å². The fourth-order valence-electron chi connectivity index (χ4n) is 5.80. The summed E-state index contributed by atoms with van der Waals surface area (Å²) in [7, 11) is 0. The molecule has 3 aromatic rings. The smallest absolute Gasteiger partial charge is 0.410 e.